The third-order valence-electron chi connectivity index (χ3n) is 2.03. The van der Waals surface area contributed by atoms with Crippen molar-refractivity contribution in [2.75, 3.05) is 13.2 Å². The molecule has 0 saturated heterocycles. The summed E-state index contributed by atoms with van der Waals surface area (Å²) in [6.45, 7) is 9.44. The van der Waals surface area contributed by atoms with Crippen LogP contribution < -0.4 is 5.73 Å². The average molecular weight is 245 g/mol. The van der Waals surface area contributed by atoms with Gasteiger partial charge in [0.1, 0.15) is 6.61 Å². The predicted molar refractivity (Wildman–Crippen MR) is 66.0 cm³/mol. The maximum atomic E-state index is 11.9. The number of oxime groups is 1. The van der Waals surface area contributed by atoms with Gasteiger partial charge in [-0.3, -0.25) is 4.79 Å². The maximum Gasteiger partial charge on any atom is 0.249 e. The molecule has 0 fully saturated rings. The normalized spacial score (nSPS) is 12.9. The van der Waals surface area contributed by atoms with Gasteiger partial charge in [0.2, 0.25) is 5.91 Å². The largest absolute Gasteiger partial charge is 0.409 e. The molecule has 0 bridgehead atoms. The first-order chi connectivity index (χ1) is 7.67. The Balaban J connectivity index is 4.46. The van der Waals surface area contributed by atoms with E-state index >= 15 is 0 Å². The first kappa shape index (κ1) is 15.7. The molecule has 6 nitrogen and oxygen atoms in total. The van der Waals surface area contributed by atoms with Gasteiger partial charge < -0.3 is 20.6 Å². The van der Waals surface area contributed by atoms with E-state index in [4.69, 9.17) is 15.7 Å². The second-order valence-corrected chi connectivity index (χ2v) is 5.11. The number of carbonyl (C=O) groups is 1. The van der Waals surface area contributed by atoms with Gasteiger partial charge in [0.25, 0.3) is 0 Å². The second kappa shape index (κ2) is 6.44. The summed E-state index contributed by atoms with van der Waals surface area (Å²) in [5.41, 5.74) is 5.03. The van der Waals surface area contributed by atoms with E-state index < -0.39 is 0 Å². The fourth-order valence-electron chi connectivity index (χ4n) is 1.13. The number of rotatable bonds is 5. The number of hydrogen-bond donors (Lipinski definition) is 2. The highest BCUT2D eigenvalue weighted by atomic mass is 16.5. The molecule has 3 N–H and O–H groups in total. The van der Waals surface area contributed by atoms with E-state index in [-0.39, 0.29) is 36.5 Å². The molecule has 0 unspecified atom stereocenters. The van der Waals surface area contributed by atoms with Crippen LogP contribution in [-0.4, -0.2) is 46.6 Å². The van der Waals surface area contributed by atoms with Gasteiger partial charge in [0.15, 0.2) is 5.84 Å². The average Bonchev–Trinajstić information content (AvgIpc) is 2.20. The lowest BCUT2D eigenvalue weighted by molar-refractivity contribution is -0.141. The molecule has 17 heavy (non-hydrogen) atoms. The summed E-state index contributed by atoms with van der Waals surface area (Å²) < 4.78 is 5.40. The molecule has 0 spiro atoms. The monoisotopic (exact) mass is 245 g/mol. The standard InChI is InChI=1S/C11H23N3O3/c1-8(2)14(6-9(12)13-16)10(15)7-17-11(3,4)5/h8,16H,6-7H2,1-5H3,(H2,12,13). The molecular formula is C11H23N3O3. The first-order valence-corrected chi connectivity index (χ1v) is 5.57. The third-order valence-corrected chi connectivity index (χ3v) is 2.03. The topological polar surface area (TPSA) is 88.1 Å². The summed E-state index contributed by atoms with van der Waals surface area (Å²) in [5, 5.41) is 11.4. The number of amides is 1. The Morgan fingerprint density at radius 1 is 1.47 bits per heavy atom. The molecule has 0 aromatic heterocycles. The quantitative estimate of drug-likeness (QED) is 0.324. The second-order valence-electron chi connectivity index (χ2n) is 5.11. The highest BCUT2D eigenvalue weighted by molar-refractivity contribution is 5.87. The minimum atomic E-state index is -0.366. The Morgan fingerprint density at radius 2 is 2.00 bits per heavy atom. The van der Waals surface area contributed by atoms with Crippen molar-refractivity contribution in [1.82, 2.24) is 4.90 Å². The number of ether oxygens (including phenoxy) is 1. The lowest BCUT2D eigenvalue weighted by Crippen LogP contribution is -2.45. The van der Waals surface area contributed by atoms with Crippen molar-refractivity contribution in [3.05, 3.63) is 0 Å². The van der Waals surface area contributed by atoms with Crippen molar-refractivity contribution in [2.45, 2.75) is 46.3 Å². The molecule has 0 radical (unpaired) electrons. The van der Waals surface area contributed by atoms with Gasteiger partial charge in [-0.2, -0.15) is 0 Å². The van der Waals surface area contributed by atoms with Crippen LogP contribution in [0.3, 0.4) is 0 Å². The van der Waals surface area contributed by atoms with Gasteiger partial charge in [0, 0.05) is 6.04 Å². The zero-order chi connectivity index (χ0) is 13.6. The highest BCUT2D eigenvalue weighted by Crippen LogP contribution is 2.08. The first-order valence-electron chi connectivity index (χ1n) is 5.57. The summed E-state index contributed by atoms with van der Waals surface area (Å²) >= 11 is 0. The molecule has 0 rings (SSSR count). The molecule has 0 heterocycles. The molecule has 0 aliphatic heterocycles. The molecule has 1 amide bonds. The van der Waals surface area contributed by atoms with Crippen LogP contribution in [0.2, 0.25) is 0 Å². The molecule has 0 saturated carbocycles. The number of hydrogen-bond acceptors (Lipinski definition) is 4. The Bertz CT molecular complexity index is 282. The van der Waals surface area contributed by atoms with E-state index in [0.717, 1.165) is 0 Å². The van der Waals surface area contributed by atoms with E-state index in [1.54, 1.807) is 0 Å². The number of nitrogens with two attached hydrogens (primary N) is 1. The fraction of sp³-hybridized carbons (Fsp3) is 0.818. The SMILES string of the molecule is CC(C)N(CC(N)=NO)C(=O)COC(C)(C)C. The molecule has 6 heteroatoms. The van der Waals surface area contributed by atoms with E-state index in [9.17, 15) is 4.79 Å². The van der Waals surface area contributed by atoms with E-state index in [1.807, 2.05) is 34.6 Å². The zero-order valence-corrected chi connectivity index (χ0v) is 11.2. The van der Waals surface area contributed by atoms with Gasteiger partial charge in [-0.15, -0.1) is 0 Å². The number of amidine groups is 1. The number of carbonyl (C=O) groups excluding carboxylic acids is 1. The summed E-state index contributed by atoms with van der Waals surface area (Å²) in [6.07, 6.45) is 0. The lowest BCUT2D eigenvalue weighted by atomic mass is 10.2. The highest BCUT2D eigenvalue weighted by Gasteiger charge is 2.21. The Kier molecular flexibility index (Phi) is 5.95. The van der Waals surface area contributed by atoms with Crippen LogP contribution >= 0.6 is 0 Å². The minimum Gasteiger partial charge on any atom is -0.409 e. The fourth-order valence-corrected chi connectivity index (χ4v) is 1.13. The molecular weight excluding hydrogens is 222 g/mol. The molecule has 0 atom stereocenters. The third kappa shape index (κ3) is 6.78. The van der Waals surface area contributed by atoms with E-state index in [1.165, 1.54) is 4.90 Å². The van der Waals surface area contributed by atoms with Gasteiger partial charge in [-0.05, 0) is 34.6 Å². The van der Waals surface area contributed by atoms with Crippen LogP contribution in [0.25, 0.3) is 0 Å². The van der Waals surface area contributed by atoms with Crippen molar-refractivity contribution in [3.63, 3.8) is 0 Å². The van der Waals surface area contributed by atoms with Crippen LogP contribution in [0.15, 0.2) is 5.16 Å². The minimum absolute atomic E-state index is 0.00260. The maximum absolute atomic E-state index is 11.9. The Morgan fingerprint density at radius 3 is 2.35 bits per heavy atom. The van der Waals surface area contributed by atoms with Crippen LogP contribution in [0.5, 0.6) is 0 Å². The van der Waals surface area contributed by atoms with Gasteiger partial charge in [-0.25, -0.2) is 0 Å². The van der Waals surface area contributed by atoms with Crippen LogP contribution in [0.4, 0.5) is 0 Å². The zero-order valence-electron chi connectivity index (χ0n) is 11.2. The van der Waals surface area contributed by atoms with E-state index in [2.05, 4.69) is 5.16 Å². The van der Waals surface area contributed by atoms with Gasteiger partial charge in [0.05, 0.1) is 12.1 Å². The van der Waals surface area contributed by atoms with Crippen LogP contribution in [0.1, 0.15) is 34.6 Å². The smallest absolute Gasteiger partial charge is 0.249 e. The van der Waals surface area contributed by atoms with Crippen LogP contribution in [-0.2, 0) is 9.53 Å². The summed E-state index contributed by atoms with van der Waals surface area (Å²) in [6, 6.07) is -0.0358. The molecule has 100 valence electrons. The molecule has 0 aromatic carbocycles. The van der Waals surface area contributed by atoms with Crippen molar-refractivity contribution in [3.8, 4) is 0 Å². The van der Waals surface area contributed by atoms with Crippen molar-refractivity contribution in [1.29, 1.82) is 0 Å². The molecule has 0 aliphatic carbocycles. The van der Waals surface area contributed by atoms with Crippen molar-refractivity contribution >= 4 is 11.7 Å². The Hall–Kier alpha value is -1.30. The summed E-state index contributed by atoms with van der Waals surface area (Å²) in [7, 11) is 0. The summed E-state index contributed by atoms with van der Waals surface area (Å²) in [4.78, 5) is 13.4. The molecule has 0 aliphatic rings. The summed E-state index contributed by atoms with van der Waals surface area (Å²) in [5.74, 6) is -0.177. The Labute approximate surface area is 102 Å². The molecule has 0 aromatic rings. The predicted octanol–water partition coefficient (Wildman–Crippen LogP) is 0.785. The van der Waals surface area contributed by atoms with Gasteiger partial charge in [-0.1, -0.05) is 5.16 Å². The van der Waals surface area contributed by atoms with E-state index in [0.29, 0.717) is 0 Å². The number of nitrogens with zero attached hydrogens (tertiary/aromatic N) is 2. The van der Waals surface area contributed by atoms with Crippen LogP contribution in [0, 0.1) is 0 Å². The van der Waals surface area contributed by atoms with Crippen molar-refractivity contribution < 1.29 is 14.7 Å². The lowest BCUT2D eigenvalue weighted by Gasteiger charge is -2.28. The van der Waals surface area contributed by atoms with Crippen molar-refractivity contribution in [2.24, 2.45) is 10.9 Å². The van der Waals surface area contributed by atoms with Gasteiger partial charge >= 0.3 is 0 Å².